The molecule has 1 unspecified atom stereocenters. The van der Waals surface area contributed by atoms with Crippen LogP contribution in [0.4, 0.5) is 24.5 Å². The summed E-state index contributed by atoms with van der Waals surface area (Å²) >= 11 is -3.51. The molecule has 0 saturated carbocycles. The van der Waals surface area contributed by atoms with Gasteiger partial charge in [0.05, 0.1) is 46.4 Å². The number of aliphatic imine (C=N–C) groups is 4. The predicted octanol–water partition coefficient (Wildman–Crippen LogP) is 7.04. The molecule has 0 saturated heterocycles. The van der Waals surface area contributed by atoms with Crippen LogP contribution in [-0.4, -0.2) is 44.6 Å². The Kier molecular flexibility index (Phi) is 14.3. The number of amidine groups is 1. The zero-order valence-corrected chi connectivity index (χ0v) is 25.3. The quantitative estimate of drug-likeness (QED) is 0.158. The number of alkyl halides is 3. The van der Waals surface area contributed by atoms with Crippen molar-refractivity contribution in [2.45, 2.75) is 61.8 Å². The van der Waals surface area contributed by atoms with E-state index in [-0.39, 0.29) is 24.5 Å². The minimum absolute atomic E-state index is 0. The summed E-state index contributed by atoms with van der Waals surface area (Å²) in [6.07, 6.45) is -5.09. The monoisotopic (exact) mass is 606 g/mol. The number of hydrogen-bond acceptors (Lipinski definition) is 7. The molecular formula is C27H33F3FeN4O3S. The SMILES string of the molecule is CC(=Nc1c(C)cc(C)cc1C)C1=NC(C(C)=Nc2c(C)cc(C)cc2C)=NC1.O=S([O-])OC(F)(F)F.[CH3-].[Fe+2]. The van der Waals surface area contributed by atoms with Gasteiger partial charge in [0, 0.05) is 0 Å². The first-order valence-electron chi connectivity index (χ1n) is 11.3. The smallest absolute Gasteiger partial charge is 0.750 e. The van der Waals surface area contributed by atoms with Gasteiger partial charge >= 0.3 is 23.4 Å². The van der Waals surface area contributed by atoms with Gasteiger partial charge in [-0.05, 0) is 77.6 Å². The second-order valence-corrected chi connectivity index (χ2v) is 9.40. The third-order valence-electron chi connectivity index (χ3n) is 5.35. The van der Waals surface area contributed by atoms with E-state index in [2.05, 4.69) is 75.0 Å². The number of rotatable bonds is 5. The molecule has 3 rings (SSSR count). The van der Waals surface area contributed by atoms with Crippen molar-refractivity contribution in [1.29, 1.82) is 0 Å². The van der Waals surface area contributed by atoms with Gasteiger partial charge in [-0.25, -0.2) is 18.4 Å². The van der Waals surface area contributed by atoms with Gasteiger partial charge in [0.2, 0.25) is 0 Å². The first-order chi connectivity index (χ1) is 17.1. The molecule has 0 bridgehead atoms. The normalized spacial score (nSPS) is 14.4. The van der Waals surface area contributed by atoms with Crippen LogP contribution >= 0.6 is 0 Å². The third kappa shape index (κ3) is 11.3. The largest absolute Gasteiger partial charge is 2.00 e. The Morgan fingerprint density at radius 3 is 1.59 bits per heavy atom. The van der Waals surface area contributed by atoms with Crippen molar-refractivity contribution in [3.8, 4) is 0 Å². The molecule has 0 spiro atoms. The number of hydrogen-bond donors (Lipinski definition) is 0. The Morgan fingerprint density at radius 1 is 0.872 bits per heavy atom. The van der Waals surface area contributed by atoms with Gasteiger partial charge in [0.15, 0.2) is 5.84 Å². The molecule has 2 aromatic carbocycles. The second kappa shape index (κ2) is 15.3. The Bertz CT molecular complexity index is 1290. The molecule has 7 nitrogen and oxygen atoms in total. The van der Waals surface area contributed by atoms with Crippen LogP contribution in [0.3, 0.4) is 0 Å². The molecule has 1 heterocycles. The van der Waals surface area contributed by atoms with Crippen LogP contribution in [0.25, 0.3) is 0 Å². The van der Waals surface area contributed by atoms with Crippen LogP contribution in [0.1, 0.15) is 47.2 Å². The molecule has 0 aliphatic carbocycles. The zero-order chi connectivity index (χ0) is 28.1. The predicted molar refractivity (Wildman–Crippen MR) is 149 cm³/mol. The van der Waals surface area contributed by atoms with Gasteiger partial charge in [0.1, 0.15) is 0 Å². The molecule has 0 fully saturated rings. The molecule has 1 aliphatic rings. The van der Waals surface area contributed by atoms with E-state index in [0.717, 1.165) is 28.5 Å². The minimum atomic E-state index is -5.09. The van der Waals surface area contributed by atoms with E-state index in [0.29, 0.717) is 12.4 Å². The molecule has 1 aliphatic heterocycles. The maximum atomic E-state index is 10.7. The molecule has 0 radical (unpaired) electrons. The number of aryl methyl sites for hydroxylation is 6. The maximum absolute atomic E-state index is 10.7. The molecular weight excluding hydrogens is 573 g/mol. The molecule has 12 heteroatoms. The van der Waals surface area contributed by atoms with E-state index in [1.165, 1.54) is 33.4 Å². The van der Waals surface area contributed by atoms with Crippen LogP contribution in [0.2, 0.25) is 0 Å². The first kappa shape index (κ1) is 36.5. The van der Waals surface area contributed by atoms with Crippen molar-refractivity contribution < 1.29 is 43.2 Å². The minimum Gasteiger partial charge on any atom is -0.750 e. The van der Waals surface area contributed by atoms with Crippen molar-refractivity contribution in [3.05, 3.63) is 65.1 Å². The van der Waals surface area contributed by atoms with Crippen LogP contribution in [0.5, 0.6) is 0 Å². The third-order valence-corrected chi connectivity index (χ3v) is 5.68. The number of nitrogens with zero attached hydrogens (tertiary/aromatic N) is 4. The van der Waals surface area contributed by atoms with Crippen molar-refractivity contribution in [1.82, 2.24) is 0 Å². The van der Waals surface area contributed by atoms with Crippen molar-refractivity contribution in [2.75, 3.05) is 6.54 Å². The Balaban J connectivity index is 0.00000126. The van der Waals surface area contributed by atoms with E-state index < -0.39 is 17.7 Å². The number of benzene rings is 2. The summed E-state index contributed by atoms with van der Waals surface area (Å²) in [4.78, 5) is 19.1. The van der Waals surface area contributed by atoms with E-state index in [1.807, 2.05) is 13.8 Å². The molecule has 39 heavy (non-hydrogen) atoms. The number of halogens is 3. The summed E-state index contributed by atoms with van der Waals surface area (Å²) in [5, 5.41) is 0. The standard InChI is InChI=1S/C25H30N4.CHF3O3S.CH3.Fe/c1-14-9-16(3)23(17(4)10-14)27-20(7)22-13-26-25(29-22)21(8)28-24-18(5)11-15(2)12-19(24)6;2-1(3,4)7-8(5)6;;/h9-12H,13H2,1-8H3;(H,5,6);1H3;/q;;-1;+2/p-1. The van der Waals surface area contributed by atoms with E-state index in [4.69, 9.17) is 23.7 Å². The fraction of sp³-hybridized carbons (Fsp3) is 0.370. The zero-order valence-electron chi connectivity index (χ0n) is 23.4. The molecule has 214 valence electrons. The van der Waals surface area contributed by atoms with Gasteiger partial charge in [-0.15, -0.1) is 13.2 Å². The fourth-order valence-electron chi connectivity index (χ4n) is 3.96. The van der Waals surface area contributed by atoms with E-state index >= 15 is 0 Å². The van der Waals surface area contributed by atoms with Gasteiger partial charge in [-0.3, -0.25) is 9.98 Å². The summed E-state index contributed by atoms with van der Waals surface area (Å²) in [5.41, 5.74) is 11.9. The van der Waals surface area contributed by atoms with Crippen molar-refractivity contribution >= 4 is 45.7 Å². The van der Waals surface area contributed by atoms with Crippen molar-refractivity contribution in [3.63, 3.8) is 0 Å². The van der Waals surface area contributed by atoms with Crippen LogP contribution in [-0.2, 0) is 32.6 Å². The maximum Gasteiger partial charge on any atom is 2.00 e. The van der Waals surface area contributed by atoms with Gasteiger partial charge in [0.25, 0.3) is 0 Å². The van der Waals surface area contributed by atoms with E-state index in [1.54, 1.807) is 0 Å². The molecule has 0 N–H and O–H groups in total. The summed E-state index contributed by atoms with van der Waals surface area (Å²) in [5.74, 6) is 0.700. The summed E-state index contributed by atoms with van der Waals surface area (Å²) in [7, 11) is 0. The topological polar surface area (TPSA) is 98.8 Å². The van der Waals surface area contributed by atoms with Crippen LogP contribution in [0, 0.1) is 49.0 Å². The Hall–Kier alpha value is -2.50. The van der Waals surface area contributed by atoms with Gasteiger partial charge in [-0.1, -0.05) is 35.4 Å². The molecule has 2 aromatic rings. The van der Waals surface area contributed by atoms with Crippen LogP contribution < -0.4 is 0 Å². The first-order valence-corrected chi connectivity index (χ1v) is 12.3. The molecule has 1 atom stereocenters. The molecule has 0 amide bonds. The summed E-state index contributed by atoms with van der Waals surface area (Å²) in [6.45, 7) is 17.2. The summed E-state index contributed by atoms with van der Waals surface area (Å²) < 4.78 is 52.6. The van der Waals surface area contributed by atoms with E-state index in [9.17, 15) is 13.2 Å². The fourth-order valence-corrected chi connectivity index (χ4v) is 4.12. The molecule has 0 aromatic heterocycles. The van der Waals surface area contributed by atoms with Crippen LogP contribution in [0.15, 0.2) is 44.2 Å². The van der Waals surface area contributed by atoms with Gasteiger partial charge in [-0.2, -0.15) is 0 Å². The van der Waals surface area contributed by atoms with Gasteiger partial charge < -0.3 is 12.0 Å². The summed E-state index contributed by atoms with van der Waals surface area (Å²) in [6, 6.07) is 8.65. The second-order valence-electron chi connectivity index (χ2n) is 8.82. The van der Waals surface area contributed by atoms with Crippen molar-refractivity contribution in [2.24, 2.45) is 20.0 Å². The average Bonchev–Trinajstić information content (AvgIpc) is 3.22. The Labute approximate surface area is 241 Å². The Morgan fingerprint density at radius 2 is 1.26 bits per heavy atom. The average molecular weight is 606 g/mol.